The average molecular weight is 113 g/mol. The summed E-state index contributed by atoms with van der Waals surface area (Å²) in [6, 6.07) is 0. The molecule has 0 amide bonds. The largest absolute Gasteiger partial charge is 0.444 e. The van der Waals surface area contributed by atoms with Gasteiger partial charge in [-0.1, -0.05) is 0 Å². The Bertz CT molecular complexity index is 171. The Morgan fingerprint density at radius 1 is 1.88 bits per heavy atom. The van der Waals surface area contributed by atoms with Crippen molar-refractivity contribution in [3.8, 4) is 0 Å². The molecule has 0 spiro atoms. The van der Waals surface area contributed by atoms with Crippen molar-refractivity contribution in [3.63, 3.8) is 0 Å². The molecular weight excluding hydrogens is 106 g/mol. The van der Waals surface area contributed by atoms with Gasteiger partial charge in [0.15, 0.2) is 5.89 Å². The van der Waals surface area contributed by atoms with Gasteiger partial charge in [-0.2, -0.15) is 0 Å². The molecular formula is C5H7NO2. The van der Waals surface area contributed by atoms with Crippen LogP contribution in [0.25, 0.3) is 0 Å². The second-order valence-electron chi connectivity index (χ2n) is 1.50. The second-order valence-corrected chi connectivity index (χ2v) is 1.50. The molecule has 1 heterocycles. The average Bonchev–Trinajstić information content (AvgIpc) is 2.14. The number of hydrogen-bond donors (Lipinski definition) is 1. The van der Waals surface area contributed by atoms with E-state index in [2.05, 4.69) is 4.98 Å². The normalized spacial score (nSPS) is 9.75. The summed E-state index contributed by atoms with van der Waals surface area (Å²) >= 11 is 0. The highest BCUT2D eigenvalue weighted by Crippen LogP contribution is 1.99. The van der Waals surface area contributed by atoms with Crippen molar-refractivity contribution in [1.82, 2.24) is 4.98 Å². The van der Waals surface area contributed by atoms with Gasteiger partial charge in [-0.05, 0) is 0 Å². The Morgan fingerprint density at radius 3 is 2.88 bits per heavy atom. The van der Waals surface area contributed by atoms with Crippen LogP contribution in [0, 0.1) is 6.92 Å². The molecule has 0 bridgehead atoms. The number of rotatable bonds is 1. The highest BCUT2D eigenvalue weighted by Gasteiger charge is 1.93. The minimum absolute atomic E-state index is 0.0686. The monoisotopic (exact) mass is 113 g/mol. The Hall–Kier alpha value is -0.830. The van der Waals surface area contributed by atoms with E-state index in [0.717, 1.165) is 0 Å². The number of aliphatic hydroxyl groups excluding tert-OH is 1. The van der Waals surface area contributed by atoms with Gasteiger partial charge >= 0.3 is 0 Å². The van der Waals surface area contributed by atoms with Crippen molar-refractivity contribution in [2.24, 2.45) is 0 Å². The molecule has 1 N–H and O–H groups in total. The van der Waals surface area contributed by atoms with Gasteiger partial charge in [-0.3, -0.25) is 0 Å². The Labute approximate surface area is 47.0 Å². The van der Waals surface area contributed by atoms with E-state index in [-0.39, 0.29) is 6.61 Å². The van der Waals surface area contributed by atoms with Gasteiger partial charge in [-0.15, -0.1) is 0 Å². The number of aryl methyl sites for hydroxylation is 1. The van der Waals surface area contributed by atoms with E-state index in [0.29, 0.717) is 11.7 Å². The lowest BCUT2D eigenvalue weighted by atomic mass is 10.6. The van der Waals surface area contributed by atoms with Gasteiger partial charge in [0.2, 0.25) is 0 Å². The number of aliphatic hydroxyl groups is 1. The van der Waals surface area contributed by atoms with Gasteiger partial charge in [0.25, 0.3) is 0 Å². The molecule has 3 nitrogen and oxygen atoms in total. The molecule has 0 aromatic carbocycles. The molecule has 0 aliphatic carbocycles. The third-order valence-electron chi connectivity index (χ3n) is 0.825. The molecule has 0 atom stereocenters. The summed E-state index contributed by atoms with van der Waals surface area (Å²) in [5, 5.41) is 8.42. The van der Waals surface area contributed by atoms with Crippen LogP contribution in [-0.2, 0) is 6.61 Å². The lowest BCUT2D eigenvalue weighted by Crippen LogP contribution is -1.73. The topological polar surface area (TPSA) is 46.3 Å². The van der Waals surface area contributed by atoms with Gasteiger partial charge in [0, 0.05) is 6.92 Å². The number of nitrogens with zero attached hydrogens (tertiary/aromatic N) is 1. The fourth-order valence-electron chi connectivity index (χ4n) is 0.478. The van der Waals surface area contributed by atoms with Crippen molar-refractivity contribution in [3.05, 3.63) is 17.8 Å². The summed E-state index contributed by atoms with van der Waals surface area (Å²) in [7, 11) is 0. The van der Waals surface area contributed by atoms with Crippen LogP contribution in [0.3, 0.4) is 0 Å². The van der Waals surface area contributed by atoms with Crippen molar-refractivity contribution in [2.45, 2.75) is 13.5 Å². The van der Waals surface area contributed by atoms with E-state index in [1.807, 2.05) is 0 Å². The predicted octanol–water partition coefficient (Wildman–Crippen LogP) is 0.475. The van der Waals surface area contributed by atoms with Crippen molar-refractivity contribution in [1.29, 1.82) is 0 Å². The van der Waals surface area contributed by atoms with E-state index in [1.165, 1.54) is 6.20 Å². The maximum Gasteiger partial charge on any atom is 0.191 e. The van der Waals surface area contributed by atoms with Gasteiger partial charge in [0.1, 0.15) is 12.4 Å². The van der Waals surface area contributed by atoms with Gasteiger partial charge in [-0.25, -0.2) is 4.98 Å². The summed E-state index contributed by atoms with van der Waals surface area (Å²) in [6.45, 7) is 1.67. The van der Waals surface area contributed by atoms with E-state index >= 15 is 0 Å². The summed E-state index contributed by atoms with van der Waals surface area (Å²) in [6.07, 6.45) is 1.51. The van der Waals surface area contributed by atoms with Crippen LogP contribution >= 0.6 is 0 Å². The molecule has 1 aromatic rings. The minimum atomic E-state index is -0.0686. The van der Waals surface area contributed by atoms with E-state index in [1.54, 1.807) is 6.92 Å². The van der Waals surface area contributed by atoms with Crippen LogP contribution in [0.4, 0.5) is 0 Å². The van der Waals surface area contributed by atoms with Crippen LogP contribution in [0.2, 0.25) is 0 Å². The zero-order valence-corrected chi connectivity index (χ0v) is 4.59. The molecule has 1 aromatic heterocycles. The molecule has 8 heavy (non-hydrogen) atoms. The highest BCUT2D eigenvalue weighted by atomic mass is 16.4. The Morgan fingerprint density at radius 2 is 2.62 bits per heavy atom. The van der Waals surface area contributed by atoms with Gasteiger partial charge < -0.3 is 9.52 Å². The maximum atomic E-state index is 8.42. The van der Waals surface area contributed by atoms with Crippen molar-refractivity contribution >= 4 is 0 Å². The summed E-state index contributed by atoms with van der Waals surface area (Å²) in [5.74, 6) is 1.11. The third kappa shape index (κ3) is 0.869. The first-order chi connectivity index (χ1) is 3.83. The van der Waals surface area contributed by atoms with E-state index in [9.17, 15) is 0 Å². The first kappa shape index (κ1) is 5.31. The summed E-state index contributed by atoms with van der Waals surface area (Å²) in [5.41, 5.74) is 0. The molecule has 0 radical (unpaired) electrons. The number of oxazole rings is 1. The SMILES string of the molecule is Cc1ncc(CO)o1. The molecule has 0 aliphatic heterocycles. The number of hydrogen-bond acceptors (Lipinski definition) is 3. The fourth-order valence-corrected chi connectivity index (χ4v) is 0.478. The highest BCUT2D eigenvalue weighted by molar-refractivity contribution is 4.89. The lowest BCUT2D eigenvalue weighted by Gasteiger charge is -1.80. The molecule has 1 rings (SSSR count). The molecule has 0 saturated heterocycles. The van der Waals surface area contributed by atoms with Crippen LogP contribution in [0.5, 0.6) is 0 Å². The van der Waals surface area contributed by atoms with Crippen molar-refractivity contribution in [2.75, 3.05) is 0 Å². The van der Waals surface area contributed by atoms with Gasteiger partial charge in [0.05, 0.1) is 6.20 Å². The Balaban J connectivity index is 2.84. The lowest BCUT2D eigenvalue weighted by molar-refractivity contribution is 0.244. The molecule has 0 aliphatic rings. The van der Waals surface area contributed by atoms with Crippen LogP contribution in [-0.4, -0.2) is 10.1 Å². The molecule has 0 fully saturated rings. The van der Waals surface area contributed by atoms with E-state index < -0.39 is 0 Å². The predicted molar refractivity (Wildman–Crippen MR) is 27.2 cm³/mol. The first-order valence-corrected chi connectivity index (χ1v) is 2.35. The maximum absolute atomic E-state index is 8.42. The summed E-state index contributed by atoms with van der Waals surface area (Å²) < 4.78 is 4.87. The van der Waals surface area contributed by atoms with Crippen LogP contribution < -0.4 is 0 Å². The molecule has 44 valence electrons. The second kappa shape index (κ2) is 1.96. The van der Waals surface area contributed by atoms with E-state index in [4.69, 9.17) is 9.52 Å². The smallest absolute Gasteiger partial charge is 0.191 e. The molecule has 0 saturated carbocycles. The third-order valence-corrected chi connectivity index (χ3v) is 0.825. The Kier molecular flexibility index (Phi) is 1.30. The summed E-state index contributed by atoms with van der Waals surface area (Å²) in [4.78, 5) is 3.76. The van der Waals surface area contributed by atoms with Crippen molar-refractivity contribution < 1.29 is 9.52 Å². The van der Waals surface area contributed by atoms with Crippen LogP contribution in [0.1, 0.15) is 11.7 Å². The zero-order chi connectivity index (χ0) is 5.98. The number of aromatic nitrogens is 1. The fraction of sp³-hybridized carbons (Fsp3) is 0.400. The quantitative estimate of drug-likeness (QED) is 0.576. The standard InChI is InChI=1S/C5H7NO2/c1-4-6-2-5(3-7)8-4/h2,7H,3H2,1H3. The minimum Gasteiger partial charge on any atom is -0.444 e. The molecule has 3 heteroatoms. The molecule has 0 unspecified atom stereocenters. The van der Waals surface area contributed by atoms with Crippen LogP contribution in [0.15, 0.2) is 10.6 Å². The first-order valence-electron chi connectivity index (χ1n) is 2.35. The zero-order valence-electron chi connectivity index (χ0n) is 4.59.